The lowest BCUT2D eigenvalue weighted by Gasteiger charge is -2.33. The van der Waals surface area contributed by atoms with Crippen molar-refractivity contribution in [3.8, 4) is 0 Å². The summed E-state index contributed by atoms with van der Waals surface area (Å²) >= 11 is 0. The van der Waals surface area contributed by atoms with Crippen LogP contribution in [-0.2, 0) is 9.53 Å². The molecule has 0 saturated carbocycles. The molecular weight excluding hydrogens is 258 g/mol. The van der Waals surface area contributed by atoms with E-state index < -0.39 is 11.4 Å². The fourth-order valence-electron chi connectivity index (χ4n) is 2.27. The summed E-state index contributed by atoms with van der Waals surface area (Å²) in [5.41, 5.74) is 0.181. The maximum Gasteiger partial charge on any atom is 0.311 e. The van der Waals surface area contributed by atoms with Crippen molar-refractivity contribution in [1.29, 1.82) is 0 Å². The molecule has 6 heteroatoms. The van der Waals surface area contributed by atoms with Crippen LogP contribution in [0.4, 0.5) is 5.82 Å². The van der Waals surface area contributed by atoms with Crippen LogP contribution in [0.15, 0.2) is 12.4 Å². The van der Waals surface area contributed by atoms with E-state index in [1.807, 2.05) is 6.07 Å². The van der Waals surface area contributed by atoms with Crippen LogP contribution in [0.2, 0.25) is 0 Å². The molecule has 1 aromatic rings. The molecule has 1 saturated heterocycles. The first-order chi connectivity index (χ1) is 9.53. The zero-order valence-corrected chi connectivity index (χ0v) is 11.9. The van der Waals surface area contributed by atoms with E-state index in [1.54, 1.807) is 0 Å². The van der Waals surface area contributed by atoms with E-state index in [9.17, 15) is 9.90 Å². The number of hydrogen-bond acceptors (Lipinski definition) is 5. The third-order valence-electron chi connectivity index (χ3n) is 3.79. The molecule has 1 fully saturated rings. The Bertz CT molecular complexity index is 470. The van der Waals surface area contributed by atoms with Gasteiger partial charge in [-0.05, 0) is 18.8 Å². The van der Waals surface area contributed by atoms with Crippen LogP contribution in [-0.4, -0.2) is 40.8 Å². The molecule has 0 amide bonds. The molecule has 2 heterocycles. The molecule has 0 radical (unpaired) electrons. The highest BCUT2D eigenvalue weighted by Gasteiger charge is 2.40. The molecule has 0 atom stereocenters. The minimum atomic E-state index is -0.772. The van der Waals surface area contributed by atoms with Gasteiger partial charge in [0.05, 0.1) is 5.41 Å². The number of anilines is 1. The molecule has 1 aliphatic rings. The number of ether oxygens (including phenoxy) is 1. The summed E-state index contributed by atoms with van der Waals surface area (Å²) in [6.45, 7) is 5.47. The van der Waals surface area contributed by atoms with Crippen molar-refractivity contribution in [2.75, 3.05) is 25.1 Å². The van der Waals surface area contributed by atoms with Gasteiger partial charge in [-0.1, -0.05) is 13.8 Å². The average Bonchev–Trinajstić information content (AvgIpc) is 2.46. The quantitative estimate of drug-likeness (QED) is 0.856. The summed E-state index contributed by atoms with van der Waals surface area (Å²) < 4.78 is 5.26. The number of rotatable bonds is 5. The van der Waals surface area contributed by atoms with E-state index in [2.05, 4.69) is 29.1 Å². The van der Waals surface area contributed by atoms with E-state index in [-0.39, 0.29) is 0 Å². The molecule has 1 aliphatic heterocycles. The second kappa shape index (κ2) is 6.17. The number of carbonyl (C=O) groups is 1. The fourth-order valence-corrected chi connectivity index (χ4v) is 2.27. The van der Waals surface area contributed by atoms with Crippen LogP contribution in [0.5, 0.6) is 0 Å². The van der Waals surface area contributed by atoms with E-state index in [0.29, 0.717) is 44.3 Å². The van der Waals surface area contributed by atoms with Crippen molar-refractivity contribution >= 4 is 11.8 Å². The minimum absolute atomic E-state index is 0.315. The molecule has 1 aromatic heterocycles. The van der Waals surface area contributed by atoms with Gasteiger partial charge in [0.1, 0.15) is 12.1 Å². The maximum absolute atomic E-state index is 11.5. The predicted octanol–water partition coefficient (Wildman–Crippen LogP) is 1.89. The lowest BCUT2D eigenvalue weighted by atomic mass is 9.80. The second-order valence-corrected chi connectivity index (χ2v) is 5.53. The molecule has 2 rings (SSSR count). The van der Waals surface area contributed by atoms with Crippen molar-refractivity contribution < 1.29 is 14.6 Å². The van der Waals surface area contributed by atoms with E-state index in [4.69, 9.17) is 4.74 Å². The van der Waals surface area contributed by atoms with Gasteiger partial charge in [-0.2, -0.15) is 0 Å². The van der Waals surface area contributed by atoms with Crippen LogP contribution in [0.3, 0.4) is 0 Å². The molecule has 0 bridgehead atoms. The van der Waals surface area contributed by atoms with Crippen LogP contribution in [0, 0.1) is 5.41 Å². The number of carboxylic acids is 1. The smallest absolute Gasteiger partial charge is 0.311 e. The molecule has 0 spiro atoms. The van der Waals surface area contributed by atoms with Crippen LogP contribution in [0.1, 0.15) is 38.3 Å². The van der Waals surface area contributed by atoms with Crippen molar-refractivity contribution in [2.24, 2.45) is 5.41 Å². The van der Waals surface area contributed by atoms with Crippen molar-refractivity contribution in [3.63, 3.8) is 0 Å². The fraction of sp³-hybridized carbons (Fsp3) is 0.643. The first kappa shape index (κ1) is 14.7. The second-order valence-electron chi connectivity index (χ2n) is 5.53. The summed E-state index contributed by atoms with van der Waals surface area (Å²) in [6.07, 6.45) is 2.56. The predicted molar refractivity (Wildman–Crippen MR) is 74.7 cm³/mol. The number of nitrogens with one attached hydrogen (secondary N) is 1. The number of hydrogen-bond donors (Lipinski definition) is 2. The van der Waals surface area contributed by atoms with E-state index >= 15 is 0 Å². The van der Waals surface area contributed by atoms with Crippen LogP contribution in [0.25, 0.3) is 0 Å². The highest BCUT2D eigenvalue weighted by Crippen LogP contribution is 2.31. The van der Waals surface area contributed by atoms with Gasteiger partial charge >= 0.3 is 5.97 Å². The van der Waals surface area contributed by atoms with Gasteiger partial charge < -0.3 is 15.2 Å². The molecule has 20 heavy (non-hydrogen) atoms. The molecule has 0 aromatic carbocycles. The number of nitrogens with zero attached hydrogens (tertiary/aromatic N) is 2. The summed E-state index contributed by atoms with van der Waals surface area (Å²) in [7, 11) is 0. The Morgan fingerprint density at radius 2 is 2.15 bits per heavy atom. The molecule has 2 N–H and O–H groups in total. The van der Waals surface area contributed by atoms with Gasteiger partial charge in [-0.15, -0.1) is 0 Å². The molecule has 110 valence electrons. The number of aliphatic carboxylic acids is 1. The van der Waals surface area contributed by atoms with Crippen LogP contribution < -0.4 is 5.32 Å². The zero-order valence-electron chi connectivity index (χ0n) is 11.9. The largest absolute Gasteiger partial charge is 0.481 e. The van der Waals surface area contributed by atoms with Crippen molar-refractivity contribution in [2.45, 2.75) is 32.6 Å². The van der Waals surface area contributed by atoms with Gasteiger partial charge in [-0.3, -0.25) is 4.79 Å². The minimum Gasteiger partial charge on any atom is -0.481 e. The standard InChI is InChI=1S/C14H21N3O3/c1-10(2)11-7-12(17-9-16-11)15-8-14(13(18)19)3-5-20-6-4-14/h7,9-10H,3-6,8H2,1-2H3,(H,18,19)(H,15,16,17). The summed E-state index contributed by atoms with van der Waals surface area (Å²) in [4.78, 5) is 19.9. The monoisotopic (exact) mass is 279 g/mol. The Hall–Kier alpha value is -1.69. The summed E-state index contributed by atoms with van der Waals surface area (Å²) in [6, 6.07) is 1.87. The van der Waals surface area contributed by atoms with Crippen molar-refractivity contribution in [1.82, 2.24) is 9.97 Å². The molecule has 0 aliphatic carbocycles. The van der Waals surface area contributed by atoms with Crippen molar-refractivity contribution in [3.05, 3.63) is 18.1 Å². The first-order valence-electron chi connectivity index (χ1n) is 6.90. The van der Waals surface area contributed by atoms with E-state index in [0.717, 1.165) is 5.69 Å². The summed E-state index contributed by atoms with van der Waals surface area (Å²) in [5, 5.41) is 12.6. The third kappa shape index (κ3) is 3.25. The van der Waals surface area contributed by atoms with E-state index in [1.165, 1.54) is 6.33 Å². The Labute approximate surface area is 118 Å². The normalized spacial score (nSPS) is 17.9. The summed E-state index contributed by atoms with van der Waals surface area (Å²) in [5.74, 6) is 0.220. The molecule has 6 nitrogen and oxygen atoms in total. The SMILES string of the molecule is CC(C)c1cc(NCC2(C(=O)O)CCOCC2)ncn1. The Balaban J connectivity index is 2.06. The van der Waals surface area contributed by atoms with Gasteiger partial charge in [0.15, 0.2) is 0 Å². The average molecular weight is 279 g/mol. The Morgan fingerprint density at radius 1 is 1.45 bits per heavy atom. The lowest BCUT2D eigenvalue weighted by molar-refractivity contribution is -0.153. The molecule has 0 unspecified atom stereocenters. The van der Waals surface area contributed by atoms with Gasteiger partial charge in [0, 0.05) is 31.5 Å². The Morgan fingerprint density at radius 3 is 2.75 bits per heavy atom. The topological polar surface area (TPSA) is 84.3 Å². The lowest BCUT2D eigenvalue weighted by Crippen LogP contribution is -2.42. The highest BCUT2D eigenvalue weighted by molar-refractivity contribution is 5.75. The number of aromatic nitrogens is 2. The highest BCUT2D eigenvalue weighted by atomic mass is 16.5. The zero-order chi connectivity index (χ0) is 14.6. The Kier molecular flexibility index (Phi) is 4.54. The molecular formula is C14H21N3O3. The maximum atomic E-state index is 11.5. The first-order valence-corrected chi connectivity index (χ1v) is 6.90. The van der Waals surface area contributed by atoms with Gasteiger partial charge in [-0.25, -0.2) is 9.97 Å². The van der Waals surface area contributed by atoms with Gasteiger partial charge in [0.25, 0.3) is 0 Å². The van der Waals surface area contributed by atoms with Crippen LogP contribution >= 0.6 is 0 Å². The number of carboxylic acid groups (broad SMARTS) is 1. The third-order valence-corrected chi connectivity index (χ3v) is 3.79. The van der Waals surface area contributed by atoms with Gasteiger partial charge in [0.2, 0.25) is 0 Å².